The van der Waals surface area contributed by atoms with Crippen LogP contribution in [0.15, 0.2) is 227 Å². The summed E-state index contributed by atoms with van der Waals surface area (Å²) >= 11 is 14.9. The van der Waals surface area contributed by atoms with Crippen LogP contribution in [0.4, 0.5) is 0 Å². The monoisotopic (exact) mass is 1380 g/mol. The number of hydrogen-bond acceptors (Lipinski definition) is 13. The van der Waals surface area contributed by atoms with Crippen molar-refractivity contribution in [2.45, 2.75) is 92.7 Å². The fourth-order valence-corrected chi connectivity index (χ4v) is 12.2. The van der Waals surface area contributed by atoms with Crippen LogP contribution in [0.1, 0.15) is 182 Å². The van der Waals surface area contributed by atoms with Crippen LogP contribution < -0.4 is 9.47 Å². The number of aromatic nitrogens is 3. The quantitative estimate of drug-likeness (QED) is 0.0227. The van der Waals surface area contributed by atoms with E-state index in [1.165, 1.54) is 7.11 Å². The van der Waals surface area contributed by atoms with Gasteiger partial charge in [0.2, 0.25) is 11.8 Å². The standard InChI is InChI=1S/C62H58Cl2N2O8.C10H11NO2.C10H10.CO2/c1-3-41-15-21-45(22-16-41)51(31-49(25-19-43-11-7-5-8-12-43)53-35-57(61(69)70)65-59(37-53)73-39-67)33-55(63)47-27-29-48(30-28-47)56(64)34-52(46-23-17-42(4-2)18-24-46)32-50(26-20-44-13-9-6-10-14-44)54-36-58(62(71)72)66-60(38-54)74-40-68;1-4-8-5-7(2)11-9(6-8)10(12)13-3;1-3-9-5-7-10(4-2)8-6-9;2-1-3/h3-18,21-24,27-30,35-40,49-52,55-56H,1-2,19-20,25-26,31-34H2,(H,69,70)(H,71,72);4-6H,1H2,2-3H3;3-8H,1-2H2;. The van der Waals surface area contributed by atoms with E-state index in [9.17, 15) is 34.2 Å². The Morgan fingerprint density at radius 3 is 1.10 bits per heavy atom. The molecule has 6 aromatic carbocycles. The number of aryl methyl sites for hydroxylation is 3. The van der Waals surface area contributed by atoms with Crippen LogP contribution in [-0.4, -0.2) is 69.3 Å². The SMILES string of the molecule is C=Cc1cc(C)nc(C(=O)OC)c1.C=Cc1ccc(C(CC(Cl)c2ccc(C(Cl)CC(CC(CCc3ccccc3)c3cc(OC=O)nc(C(=O)O)c3)c3ccc(C=C)cc3)cc2)CC(CCc2ccccc2)c2cc(OC=O)nc(C(=O)O)c2)cc1.C=Cc1ccc(C=C)cc1.O=C=O. The highest BCUT2D eigenvalue weighted by atomic mass is 35.5. The predicted octanol–water partition coefficient (Wildman–Crippen LogP) is 19.0. The first-order chi connectivity index (χ1) is 48.4. The van der Waals surface area contributed by atoms with Gasteiger partial charge in [-0.3, -0.25) is 9.59 Å². The number of rotatable bonds is 32. The molecule has 15 nitrogen and oxygen atoms in total. The van der Waals surface area contributed by atoms with E-state index in [-0.39, 0.29) is 65.9 Å². The molecule has 0 aliphatic rings. The van der Waals surface area contributed by atoms with E-state index in [2.05, 4.69) is 101 Å². The maximum Gasteiger partial charge on any atom is 0.373 e. The molecule has 6 atom stereocenters. The lowest BCUT2D eigenvalue weighted by atomic mass is 9.79. The summed E-state index contributed by atoms with van der Waals surface area (Å²) in [6.45, 7) is 21.1. The molecule has 0 aliphatic heterocycles. The number of alkyl halides is 2. The molecule has 0 amide bonds. The summed E-state index contributed by atoms with van der Waals surface area (Å²) in [5.74, 6) is -3.59. The Labute approximate surface area is 593 Å². The Bertz CT molecular complexity index is 3990. The van der Waals surface area contributed by atoms with E-state index in [1.807, 2.05) is 134 Å². The zero-order chi connectivity index (χ0) is 72.3. The molecular formula is C83H79Cl2N3O12. The van der Waals surface area contributed by atoms with Crippen molar-refractivity contribution in [3.8, 4) is 11.8 Å². The number of aromatic carboxylic acids is 2. The number of ether oxygens (including phenoxy) is 3. The van der Waals surface area contributed by atoms with Crippen molar-refractivity contribution in [3.63, 3.8) is 0 Å². The molecule has 100 heavy (non-hydrogen) atoms. The first-order valence-corrected chi connectivity index (χ1v) is 32.9. The number of esters is 1. The number of carboxylic acids is 2. The van der Waals surface area contributed by atoms with E-state index >= 15 is 0 Å². The van der Waals surface area contributed by atoms with E-state index in [1.54, 1.807) is 48.6 Å². The normalized spacial score (nSPS) is 12.2. The van der Waals surface area contributed by atoms with Crippen molar-refractivity contribution in [1.82, 2.24) is 15.0 Å². The maximum absolute atomic E-state index is 12.3. The number of carboxylic acid groups (broad SMARTS) is 2. The van der Waals surface area contributed by atoms with Gasteiger partial charge in [-0.1, -0.05) is 221 Å². The van der Waals surface area contributed by atoms with Gasteiger partial charge in [-0.2, -0.15) is 9.59 Å². The molecule has 0 fully saturated rings. The lowest BCUT2D eigenvalue weighted by Crippen LogP contribution is -2.13. The second-order valence-corrected chi connectivity index (χ2v) is 24.2. The minimum Gasteiger partial charge on any atom is -0.477 e. The Balaban J connectivity index is 0.000000504. The van der Waals surface area contributed by atoms with Crippen LogP contribution >= 0.6 is 23.2 Å². The van der Waals surface area contributed by atoms with Crippen LogP contribution in [0.2, 0.25) is 0 Å². The van der Waals surface area contributed by atoms with E-state index < -0.39 is 28.7 Å². The second-order valence-electron chi connectivity index (χ2n) is 23.2. The highest BCUT2D eigenvalue weighted by Gasteiger charge is 2.28. The average Bonchev–Trinajstić information content (AvgIpc) is 0.847. The molecule has 0 spiro atoms. The summed E-state index contributed by atoms with van der Waals surface area (Å²) in [4.78, 5) is 86.9. The van der Waals surface area contributed by atoms with Gasteiger partial charge in [0.05, 0.1) is 17.9 Å². The molecule has 0 saturated carbocycles. The Kier molecular flexibility index (Phi) is 32.0. The van der Waals surface area contributed by atoms with Crippen molar-refractivity contribution in [2.24, 2.45) is 0 Å². The molecule has 0 bridgehead atoms. The molecule has 9 aromatic rings. The number of hydrogen-bond donors (Lipinski definition) is 2. The first-order valence-electron chi connectivity index (χ1n) is 32.0. The zero-order valence-corrected chi connectivity index (χ0v) is 57.3. The van der Waals surface area contributed by atoms with Gasteiger partial charge in [-0.05, 0) is 179 Å². The first kappa shape index (κ1) is 77.8. The zero-order valence-electron chi connectivity index (χ0n) is 55.7. The van der Waals surface area contributed by atoms with Crippen molar-refractivity contribution in [3.05, 3.63) is 322 Å². The molecule has 0 radical (unpaired) electrons. The highest BCUT2D eigenvalue weighted by molar-refractivity contribution is 6.21. The van der Waals surface area contributed by atoms with Gasteiger partial charge in [-0.15, -0.1) is 23.2 Å². The molecule has 0 saturated heterocycles. The third kappa shape index (κ3) is 24.7. The highest BCUT2D eigenvalue weighted by Crippen LogP contribution is 2.44. The molecule has 3 aromatic heterocycles. The van der Waals surface area contributed by atoms with E-state index in [0.717, 1.165) is 79.7 Å². The van der Waals surface area contributed by atoms with Gasteiger partial charge in [0.25, 0.3) is 12.9 Å². The summed E-state index contributed by atoms with van der Waals surface area (Å²) in [6.07, 6.45) is 14.2. The molecule has 2 N–H and O–H groups in total. The molecule has 512 valence electrons. The molecule has 17 heteroatoms. The maximum atomic E-state index is 12.3. The molecular weight excluding hydrogens is 1300 g/mol. The van der Waals surface area contributed by atoms with Crippen LogP contribution in [0.5, 0.6) is 11.8 Å². The molecule has 0 aliphatic carbocycles. The van der Waals surface area contributed by atoms with E-state index in [0.29, 0.717) is 55.3 Å². The number of benzene rings is 6. The number of pyridine rings is 3. The molecule has 6 unspecified atom stereocenters. The minimum atomic E-state index is -1.23. The second kappa shape index (κ2) is 41.1. The lowest BCUT2D eigenvalue weighted by molar-refractivity contribution is -0.191. The number of nitrogens with zero attached hydrogens (tertiary/aromatic N) is 3. The summed E-state index contributed by atoms with van der Waals surface area (Å²) in [7, 11) is 1.33. The van der Waals surface area contributed by atoms with Gasteiger partial charge in [0, 0.05) is 17.8 Å². The smallest absolute Gasteiger partial charge is 0.373 e. The summed E-state index contributed by atoms with van der Waals surface area (Å²) < 4.78 is 14.8. The largest absolute Gasteiger partial charge is 0.477 e. The van der Waals surface area contributed by atoms with Gasteiger partial charge >= 0.3 is 24.1 Å². The van der Waals surface area contributed by atoms with Gasteiger partial charge in [0.15, 0.2) is 11.4 Å². The van der Waals surface area contributed by atoms with Crippen molar-refractivity contribution in [2.75, 3.05) is 7.11 Å². The lowest BCUT2D eigenvalue weighted by Gasteiger charge is -2.28. The van der Waals surface area contributed by atoms with E-state index in [4.69, 9.17) is 42.3 Å². The molecule has 9 rings (SSSR count). The van der Waals surface area contributed by atoms with Crippen molar-refractivity contribution >= 4 is 90.6 Å². The number of halogens is 2. The summed E-state index contributed by atoms with van der Waals surface area (Å²) in [6, 6.07) is 62.7. The Hall–Kier alpha value is -11.2. The van der Waals surface area contributed by atoms with Gasteiger partial charge in [0.1, 0.15) is 5.69 Å². The Morgan fingerprint density at radius 1 is 0.440 bits per heavy atom. The predicted molar refractivity (Wildman–Crippen MR) is 393 cm³/mol. The van der Waals surface area contributed by atoms with Crippen molar-refractivity contribution < 1.29 is 58.0 Å². The minimum absolute atomic E-state index is 0.0814. The average molecular weight is 1380 g/mol. The van der Waals surface area contributed by atoms with Crippen LogP contribution in [0.3, 0.4) is 0 Å². The van der Waals surface area contributed by atoms with Gasteiger partial charge < -0.3 is 24.4 Å². The summed E-state index contributed by atoms with van der Waals surface area (Å²) in [5, 5.41) is 19.2. The summed E-state index contributed by atoms with van der Waals surface area (Å²) in [5.41, 5.74) is 13.4. The fourth-order valence-electron chi connectivity index (χ4n) is 11.5. The third-order valence-electron chi connectivity index (χ3n) is 16.7. The number of carbonyl (C=O) groups excluding carboxylic acids is 5. The third-order valence-corrected chi connectivity index (χ3v) is 17.6. The van der Waals surface area contributed by atoms with Crippen LogP contribution in [0, 0.1) is 6.92 Å². The number of carbonyl (C=O) groups is 5. The van der Waals surface area contributed by atoms with Crippen LogP contribution in [-0.2, 0) is 36.8 Å². The topological polar surface area (TPSA) is 226 Å². The van der Waals surface area contributed by atoms with Crippen LogP contribution in [0.25, 0.3) is 30.4 Å². The molecule has 3 heterocycles. The number of methoxy groups -OCH3 is 1. The van der Waals surface area contributed by atoms with Gasteiger partial charge in [-0.25, -0.2) is 29.3 Å². The Morgan fingerprint density at radius 2 is 0.780 bits per heavy atom. The van der Waals surface area contributed by atoms with Crippen molar-refractivity contribution in [1.29, 1.82) is 0 Å². The fraction of sp³-hybridized carbons (Fsp3) is 0.193.